The zero-order valence-corrected chi connectivity index (χ0v) is 13.7. The zero-order valence-electron chi connectivity index (χ0n) is 13.7. The maximum Gasteiger partial charge on any atom is 0.407 e. The Balaban J connectivity index is 3.98. The van der Waals surface area contributed by atoms with Gasteiger partial charge >= 0.3 is 6.09 Å². The van der Waals surface area contributed by atoms with Gasteiger partial charge in [-0.3, -0.25) is 0 Å². The number of aliphatic hydroxyl groups excluding tert-OH is 1. The van der Waals surface area contributed by atoms with Crippen molar-refractivity contribution in [2.75, 3.05) is 33.4 Å². The summed E-state index contributed by atoms with van der Waals surface area (Å²) in [6.07, 6.45) is 0.631. The van der Waals surface area contributed by atoms with Crippen molar-refractivity contribution in [3.8, 4) is 0 Å². The molecule has 0 aliphatic carbocycles. The Hall–Kier alpha value is -0.990. The molecular weight excluding hydrogens is 298 g/mol. The van der Waals surface area contributed by atoms with Crippen LogP contribution < -0.4 is 10.6 Å². The standard InChI is InChI=1S/C14H28F2N2O4/c1-13(2,3)22-12(20)17-7-5-6-11(8-21-4)18-9-14(15,16)10-19/h11,18-19H,5-10H2,1-4H3,(H,17,20). The summed E-state index contributed by atoms with van der Waals surface area (Å²) in [5, 5.41) is 13.8. The normalized spacial score (nSPS) is 13.8. The van der Waals surface area contributed by atoms with E-state index in [4.69, 9.17) is 14.6 Å². The topological polar surface area (TPSA) is 79.8 Å². The molecule has 0 fully saturated rings. The molecule has 8 heteroatoms. The maximum absolute atomic E-state index is 13.0. The van der Waals surface area contributed by atoms with Crippen LogP contribution in [0.15, 0.2) is 0 Å². The highest BCUT2D eigenvalue weighted by Crippen LogP contribution is 2.11. The minimum absolute atomic E-state index is 0.272. The first-order valence-electron chi connectivity index (χ1n) is 7.27. The number of hydrogen-bond donors (Lipinski definition) is 3. The molecule has 1 amide bonds. The number of aliphatic hydroxyl groups is 1. The van der Waals surface area contributed by atoms with Crippen LogP contribution in [0.2, 0.25) is 0 Å². The third kappa shape index (κ3) is 11.6. The monoisotopic (exact) mass is 326 g/mol. The maximum atomic E-state index is 13.0. The van der Waals surface area contributed by atoms with Gasteiger partial charge in [0.15, 0.2) is 0 Å². The lowest BCUT2D eigenvalue weighted by Gasteiger charge is -2.22. The molecule has 1 unspecified atom stereocenters. The lowest BCUT2D eigenvalue weighted by molar-refractivity contribution is -0.0508. The first kappa shape index (κ1) is 21.0. The summed E-state index contributed by atoms with van der Waals surface area (Å²) in [7, 11) is 1.48. The predicted molar refractivity (Wildman–Crippen MR) is 79.2 cm³/mol. The van der Waals surface area contributed by atoms with E-state index in [0.29, 0.717) is 19.4 Å². The SMILES string of the molecule is COCC(CCCNC(=O)OC(C)(C)C)NCC(F)(F)CO. The number of rotatable bonds is 10. The van der Waals surface area contributed by atoms with E-state index in [2.05, 4.69) is 10.6 Å². The largest absolute Gasteiger partial charge is 0.444 e. The molecule has 0 heterocycles. The fraction of sp³-hybridized carbons (Fsp3) is 0.929. The van der Waals surface area contributed by atoms with Gasteiger partial charge in [-0.05, 0) is 33.6 Å². The van der Waals surface area contributed by atoms with Crippen molar-refractivity contribution in [2.45, 2.75) is 51.2 Å². The van der Waals surface area contributed by atoms with Gasteiger partial charge in [-0.15, -0.1) is 0 Å². The van der Waals surface area contributed by atoms with Gasteiger partial charge in [0.2, 0.25) is 0 Å². The van der Waals surface area contributed by atoms with Crippen LogP contribution in [-0.2, 0) is 9.47 Å². The third-order valence-electron chi connectivity index (χ3n) is 2.65. The smallest absolute Gasteiger partial charge is 0.407 e. The van der Waals surface area contributed by atoms with Crippen molar-refractivity contribution in [1.82, 2.24) is 10.6 Å². The number of alkyl carbamates (subject to hydrolysis) is 1. The molecular formula is C14H28F2N2O4. The van der Waals surface area contributed by atoms with Gasteiger partial charge in [-0.1, -0.05) is 0 Å². The van der Waals surface area contributed by atoms with E-state index in [0.717, 1.165) is 0 Å². The minimum atomic E-state index is -3.15. The first-order valence-corrected chi connectivity index (χ1v) is 7.27. The van der Waals surface area contributed by atoms with Crippen molar-refractivity contribution < 1.29 is 28.2 Å². The molecule has 0 rings (SSSR count). The van der Waals surface area contributed by atoms with Gasteiger partial charge in [0, 0.05) is 19.7 Å². The number of nitrogens with one attached hydrogen (secondary N) is 2. The fourth-order valence-corrected chi connectivity index (χ4v) is 1.65. The van der Waals surface area contributed by atoms with E-state index in [1.807, 2.05) is 0 Å². The molecule has 0 radical (unpaired) electrons. The van der Waals surface area contributed by atoms with Crippen molar-refractivity contribution in [2.24, 2.45) is 0 Å². The summed E-state index contributed by atoms with van der Waals surface area (Å²) >= 11 is 0. The van der Waals surface area contributed by atoms with Crippen LogP contribution >= 0.6 is 0 Å². The van der Waals surface area contributed by atoms with E-state index in [-0.39, 0.29) is 12.6 Å². The summed E-state index contributed by atoms with van der Waals surface area (Å²) < 4.78 is 36.0. The Morgan fingerprint density at radius 3 is 2.45 bits per heavy atom. The lowest BCUT2D eigenvalue weighted by atomic mass is 10.1. The Labute approximate surface area is 130 Å². The lowest BCUT2D eigenvalue weighted by Crippen LogP contribution is -2.43. The van der Waals surface area contributed by atoms with Crippen LogP contribution in [-0.4, -0.2) is 62.2 Å². The van der Waals surface area contributed by atoms with Crippen molar-refractivity contribution in [3.05, 3.63) is 0 Å². The average Bonchev–Trinajstić information content (AvgIpc) is 2.39. The summed E-state index contributed by atoms with van der Waals surface area (Å²) in [4.78, 5) is 11.4. The van der Waals surface area contributed by atoms with Gasteiger partial charge in [-0.2, -0.15) is 0 Å². The van der Waals surface area contributed by atoms with Crippen LogP contribution in [0.4, 0.5) is 13.6 Å². The Morgan fingerprint density at radius 2 is 1.95 bits per heavy atom. The molecule has 0 bridgehead atoms. The molecule has 0 spiro atoms. The van der Waals surface area contributed by atoms with Crippen LogP contribution in [0.1, 0.15) is 33.6 Å². The highest BCUT2D eigenvalue weighted by atomic mass is 19.3. The fourth-order valence-electron chi connectivity index (χ4n) is 1.65. The molecule has 3 N–H and O–H groups in total. The van der Waals surface area contributed by atoms with E-state index in [1.165, 1.54) is 7.11 Å². The second-order valence-electron chi connectivity index (χ2n) is 6.12. The molecule has 0 aliphatic rings. The van der Waals surface area contributed by atoms with E-state index in [9.17, 15) is 13.6 Å². The number of methoxy groups -OCH3 is 1. The van der Waals surface area contributed by atoms with E-state index < -0.39 is 30.8 Å². The highest BCUT2D eigenvalue weighted by molar-refractivity contribution is 5.67. The number of hydrogen-bond acceptors (Lipinski definition) is 5. The van der Waals surface area contributed by atoms with E-state index >= 15 is 0 Å². The predicted octanol–water partition coefficient (Wildman–Crippen LogP) is 1.52. The first-order chi connectivity index (χ1) is 10.1. The van der Waals surface area contributed by atoms with Crippen molar-refractivity contribution in [1.29, 1.82) is 0 Å². The molecule has 6 nitrogen and oxygen atoms in total. The van der Waals surface area contributed by atoms with Gasteiger partial charge in [0.05, 0.1) is 13.2 Å². The van der Waals surface area contributed by atoms with Crippen LogP contribution in [0.3, 0.4) is 0 Å². The zero-order chi connectivity index (χ0) is 17.2. The van der Waals surface area contributed by atoms with Gasteiger partial charge in [0.25, 0.3) is 5.92 Å². The second-order valence-corrected chi connectivity index (χ2v) is 6.12. The summed E-state index contributed by atoms with van der Waals surface area (Å²) in [6, 6.07) is -0.275. The average molecular weight is 326 g/mol. The van der Waals surface area contributed by atoms with Gasteiger partial charge in [0.1, 0.15) is 12.2 Å². The quantitative estimate of drug-likeness (QED) is 0.531. The Morgan fingerprint density at radius 1 is 1.32 bits per heavy atom. The molecule has 132 valence electrons. The minimum Gasteiger partial charge on any atom is -0.444 e. The second kappa shape index (κ2) is 9.91. The summed E-state index contributed by atoms with van der Waals surface area (Å²) in [5.41, 5.74) is -0.555. The van der Waals surface area contributed by atoms with Gasteiger partial charge < -0.3 is 25.2 Å². The number of amides is 1. The molecule has 0 aromatic rings. The number of alkyl halides is 2. The molecule has 0 aliphatic heterocycles. The molecule has 22 heavy (non-hydrogen) atoms. The molecule has 1 atom stereocenters. The summed E-state index contributed by atoms with van der Waals surface area (Å²) in [5.74, 6) is -3.15. The van der Waals surface area contributed by atoms with Crippen LogP contribution in [0.25, 0.3) is 0 Å². The van der Waals surface area contributed by atoms with Crippen LogP contribution in [0, 0.1) is 0 Å². The number of carbonyl (C=O) groups is 1. The van der Waals surface area contributed by atoms with Crippen molar-refractivity contribution in [3.63, 3.8) is 0 Å². The Kier molecular flexibility index (Phi) is 9.47. The van der Waals surface area contributed by atoms with E-state index in [1.54, 1.807) is 20.8 Å². The highest BCUT2D eigenvalue weighted by Gasteiger charge is 2.28. The summed E-state index contributed by atoms with van der Waals surface area (Å²) in [6.45, 7) is 4.16. The number of carbonyl (C=O) groups excluding carboxylic acids is 1. The Bertz CT molecular complexity index is 322. The molecule has 0 saturated heterocycles. The van der Waals surface area contributed by atoms with Crippen LogP contribution in [0.5, 0.6) is 0 Å². The molecule has 0 aromatic heterocycles. The third-order valence-corrected chi connectivity index (χ3v) is 2.65. The molecule has 0 saturated carbocycles. The molecule has 0 aromatic carbocycles. The van der Waals surface area contributed by atoms with Gasteiger partial charge in [-0.25, -0.2) is 13.6 Å². The number of halogens is 2. The van der Waals surface area contributed by atoms with Crippen molar-refractivity contribution >= 4 is 6.09 Å². The number of ether oxygens (including phenoxy) is 2.